The molecule has 0 amide bonds. The highest BCUT2D eigenvalue weighted by molar-refractivity contribution is 9.13. The van der Waals surface area contributed by atoms with Crippen LogP contribution in [0.5, 0.6) is 11.5 Å². The number of nitrogens with zero attached hydrogens (tertiary/aromatic N) is 1. The van der Waals surface area contributed by atoms with Gasteiger partial charge in [-0.05, 0) is 63.7 Å². The van der Waals surface area contributed by atoms with Crippen molar-refractivity contribution in [3.05, 3.63) is 58.9 Å². The molecule has 4 nitrogen and oxygen atoms in total. The number of halogens is 6. The first-order chi connectivity index (χ1) is 14.9. The molecule has 1 aliphatic rings. The summed E-state index contributed by atoms with van der Waals surface area (Å²) in [5.41, 5.74) is -0.166. The number of rotatable bonds is 7. The number of alkyl halides is 4. The third-order valence-electron chi connectivity index (χ3n) is 5.44. The monoisotopic (exact) mass is 625 g/mol. The van der Waals surface area contributed by atoms with Crippen molar-refractivity contribution in [3.63, 3.8) is 0 Å². The molecular formula is C22H17Br2Cl3FNO3. The predicted octanol–water partition coefficient (Wildman–Crippen LogP) is 7.94. The summed E-state index contributed by atoms with van der Waals surface area (Å²) in [4.78, 5) is 12.4. The van der Waals surface area contributed by atoms with E-state index in [-0.39, 0.29) is 17.2 Å². The van der Waals surface area contributed by atoms with Crippen molar-refractivity contribution in [2.75, 3.05) is 0 Å². The second-order valence-corrected chi connectivity index (χ2v) is 12.9. The number of esters is 1. The van der Waals surface area contributed by atoms with Gasteiger partial charge in [-0.1, -0.05) is 70.6 Å². The number of carbonyl (C=O) groups is 1. The highest BCUT2D eigenvalue weighted by atomic mass is 79.9. The van der Waals surface area contributed by atoms with Crippen molar-refractivity contribution in [2.45, 2.75) is 28.0 Å². The highest BCUT2D eigenvalue weighted by Gasteiger charge is 2.67. The molecule has 0 saturated heterocycles. The summed E-state index contributed by atoms with van der Waals surface area (Å²) in [6.45, 7) is 3.78. The molecule has 4 atom stereocenters. The lowest BCUT2D eigenvalue weighted by atomic mass is 10.1. The SMILES string of the molecule is CC1(C)C(C(=O)OC(C#N)c2ccc(F)c(Oc3ccc(Cl)cc3)c2)C1C(Br)C(Cl)(Cl)Br. The van der Waals surface area contributed by atoms with Gasteiger partial charge in [-0.25, -0.2) is 4.39 Å². The Balaban J connectivity index is 1.77. The maximum atomic E-state index is 14.3. The minimum atomic E-state index is -1.27. The van der Waals surface area contributed by atoms with E-state index in [1.54, 1.807) is 24.3 Å². The van der Waals surface area contributed by atoms with Gasteiger partial charge < -0.3 is 9.47 Å². The van der Waals surface area contributed by atoms with Crippen molar-refractivity contribution in [1.82, 2.24) is 0 Å². The van der Waals surface area contributed by atoms with Crippen LogP contribution in [0.3, 0.4) is 0 Å². The summed E-state index contributed by atoms with van der Waals surface area (Å²) in [6.07, 6.45) is -1.25. The van der Waals surface area contributed by atoms with Crippen molar-refractivity contribution in [1.29, 1.82) is 5.26 Å². The van der Waals surface area contributed by atoms with Crippen LogP contribution in [0.2, 0.25) is 5.02 Å². The molecule has 32 heavy (non-hydrogen) atoms. The van der Waals surface area contributed by atoms with E-state index in [4.69, 9.17) is 44.3 Å². The first-order valence-corrected chi connectivity index (χ1v) is 12.2. The number of hydrogen-bond donors (Lipinski definition) is 0. The maximum absolute atomic E-state index is 14.3. The first-order valence-electron chi connectivity index (χ1n) is 9.40. The van der Waals surface area contributed by atoms with Crippen molar-refractivity contribution in [3.8, 4) is 17.6 Å². The fraction of sp³-hybridized carbons (Fsp3) is 0.364. The second kappa shape index (κ2) is 9.68. The molecule has 170 valence electrons. The number of hydrogen-bond acceptors (Lipinski definition) is 4. The van der Waals surface area contributed by atoms with E-state index in [0.29, 0.717) is 10.8 Å². The molecule has 0 spiro atoms. The van der Waals surface area contributed by atoms with Gasteiger partial charge in [0.25, 0.3) is 0 Å². The van der Waals surface area contributed by atoms with E-state index >= 15 is 0 Å². The Morgan fingerprint density at radius 2 is 1.88 bits per heavy atom. The molecule has 0 heterocycles. The number of ether oxygens (including phenoxy) is 2. The normalized spacial score (nSPS) is 21.2. The summed E-state index contributed by atoms with van der Waals surface area (Å²) >= 11 is 24.7. The molecular weight excluding hydrogens is 611 g/mol. The van der Waals surface area contributed by atoms with Crippen LogP contribution in [0.25, 0.3) is 0 Å². The Bertz CT molecular complexity index is 1050. The van der Waals surface area contributed by atoms with E-state index in [9.17, 15) is 14.4 Å². The van der Waals surface area contributed by atoms with Crippen LogP contribution in [-0.2, 0) is 9.53 Å². The van der Waals surface area contributed by atoms with Crippen LogP contribution in [-0.4, -0.2) is 14.0 Å². The minimum Gasteiger partial charge on any atom is -0.454 e. The van der Waals surface area contributed by atoms with Gasteiger partial charge in [0.1, 0.15) is 11.8 Å². The van der Waals surface area contributed by atoms with Gasteiger partial charge in [0.05, 0.1) is 10.7 Å². The number of carbonyl (C=O) groups excluding carboxylic acids is 1. The topological polar surface area (TPSA) is 59.3 Å². The van der Waals surface area contributed by atoms with Gasteiger partial charge in [0.2, 0.25) is 6.10 Å². The van der Waals surface area contributed by atoms with E-state index in [2.05, 4.69) is 31.9 Å². The van der Waals surface area contributed by atoms with Crippen molar-refractivity contribution in [2.24, 2.45) is 17.3 Å². The molecule has 0 N–H and O–H groups in total. The van der Waals surface area contributed by atoms with E-state index < -0.39 is 37.3 Å². The van der Waals surface area contributed by atoms with E-state index in [0.717, 1.165) is 6.07 Å². The summed E-state index contributed by atoms with van der Waals surface area (Å²) < 4.78 is 24.0. The van der Waals surface area contributed by atoms with Crippen LogP contribution in [0.15, 0.2) is 42.5 Å². The molecule has 1 saturated carbocycles. The second-order valence-electron chi connectivity index (χ2n) is 7.96. The Morgan fingerprint density at radius 3 is 2.44 bits per heavy atom. The lowest BCUT2D eigenvalue weighted by Crippen LogP contribution is -2.24. The highest BCUT2D eigenvalue weighted by Crippen LogP contribution is 2.65. The molecule has 2 aromatic carbocycles. The zero-order chi connectivity index (χ0) is 23.8. The lowest BCUT2D eigenvalue weighted by Gasteiger charge is -2.20. The molecule has 4 unspecified atom stereocenters. The average Bonchev–Trinajstić information content (AvgIpc) is 3.29. The fourth-order valence-corrected chi connectivity index (χ4v) is 5.30. The average molecular weight is 629 g/mol. The Morgan fingerprint density at radius 1 is 1.25 bits per heavy atom. The summed E-state index contributed by atoms with van der Waals surface area (Å²) in [7, 11) is 0. The van der Waals surface area contributed by atoms with Crippen LogP contribution in [0, 0.1) is 34.4 Å². The lowest BCUT2D eigenvalue weighted by molar-refractivity contribution is -0.149. The summed E-state index contributed by atoms with van der Waals surface area (Å²) in [5, 5.41) is 10.1. The molecule has 10 heteroatoms. The molecule has 0 aromatic heterocycles. The smallest absolute Gasteiger partial charge is 0.311 e. The Kier molecular flexibility index (Phi) is 7.73. The molecule has 0 radical (unpaired) electrons. The van der Waals surface area contributed by atoms with Gasteiger partial charge in [0, 0.05) is 10.6 Å². The van der Waals surface area contributed by atoms with Gasteiger partial charge >= 0.3 is 5.97 Å². The van der Waals surface area contributed by atoms with Gasteiger partial charge in [-0.15, -0.1) is 0 Å². The van der Waals surface area contributed by atoms with Crippen molar-refractivity contribution < 1.29 is 18.7 Å². The molecule has 1 aliphatic carbocycles. The predicted molar refractivity (Wildman–Crippen MR) is 129 cm³/mol. The van der Waals surface area contributed by atoms with Crippen LogP contribution >= 0.6 is 66.7 Å². The van der Waals surface area contributed by atoms with E-state index in [1.165, 1.54) is 12.1 Å². The Labute approximate surface area is 217 Å². The largest absolute Gasteiger partial charge is 0.454 e. The van der Waals surface area contributed by atoms with Gasteiger partial charge in [0.15, 0.2) is 14.8 Å². The number of benzene rings is 2. The van der Waals surface area contributed by atoms with Crippen LogP contribution in [0.1, 0.15) is 25.5 Å². The third-order valence-corrected chi connectivity index (χ3v) is 9.06. The molecule has 2 aromatic rings. The van der Waals surface area contributed by atoms with E-state index in [1.807, 2.05) is 19.9 Å². The standard InChI is InChI=1S/C22H17Br2Cl3FNO3/c1-21(2)17(19(23)22(24,26)27)18(21)20(30)32-16(10-29)11-3-8-14(28)15(9-11)31-13-6-4-12(25)5-7-13/h3-9,16-19H,1-2H3. The first kappa shape index (κ1) is 25.6. The molecule has 1 fully saturated rings. The fourth-order valence-electron chi connectivity index (χ4n) is 3.63. The molecule has 0 bridgehead atoms. The van der Waals surface area contributed by atoms with Crippen molar-refractivity contribution >= 4 is 72.6 Å². The summed E-state index contributed by atoms with van der Waals surface area (Å²) in [6, 6.07) is 12.2. The maximum Gasteiger partial charge on any atom is 0.311 e. The van der Waals surface area contributed by atoms with Crippen LogP contribution in [0.4, 0.5) is 4.39 Å². The van der Waals surface area contributed by atoms with Gasteiger partial charge in [-0.2, -0.15) is 5.26 Å². The number of nitriles is 1. The minimum absolute atomic E-state index is 0.111. The summed E-state index contributed by atoms with van der Waals surface area (Å²) in [5.74, 6) is -1.69. The third kappa shape index (κ3) is 5.53. The van der Waals surface area contributed by atoms with Crippen LogP contribution < -0.4 is 4.74 Å². The zero-order valence-electron chi connectivity index (χ0n) is 16.8. The quantitative estimate of drug-likeness (QED) is 0.231. The Hall–Kier alpha value is -1.04. The van der Waals surface area contributed by atoms with Gasteiger partial charge in [-0.3, -0.25) is 4.79 Å². The molecule has 0 aliphatic heterocycles. The molecule has 3 rings (SSSR count). The zero-order valence-corrected chi connectivity index (χ0v) is 22.2.